The fourth-order valence-electron chi connectivity index (χ4n) is 1.14. The Morgan fingerprint density at radius 1 is 1.47 bits per heavy atom. The van der Waals surface area contributed by atoms with E-state index in [9.17, 15) is 15.0 Å². The number of aliphatic hydroxyl groups is 2. The van der Waals surface area contributed by atoms with Crippen LogP contribution in [0.3, 0.4) is 0 Å². The molecule has 0 spiro atoms. The average molecular weight is 339 g/mol. The molecule has 102 valence electrons. The molecule has 6 heteroatoms. The number of hydrogen-bond donors (Lipinski definition) is 3. The van der Waals surface area contributed by atoms with Gasteiger partial charge in [-0.3, -0.25) is 4.79 Å². The third kappa shape index (κ3) is 3.79. The Kier molecular flexibility index (Phi) is 1.81. The first-order chi connectivity index (χ1) is 13.3. The minimum Gasteiger partial charge on any atom is -0.465 e. The van der Waals surface area contributed by atoms with Crippen molar-refractivity contribution in [1.29, 1.82) is 0 Å². The van der Waals surface area contributed by atoms with E-state index in [1.807, 2.05) is 4.98 Å². The number of rotatable bonds is 5. The lowest BCUT2D eigenvalue weighted by Gasteiger charge is -2.16. The van der Waals surface area contributed by atoms with Gasteiger partial charge in [0, 0.05) is 29.2 Å². The molecule has 1 aromatic heterocycles. The van der Waals surface area contributed by atoms with Crippen LogP contribution in [0.25, 0.3) is 10.9 Å². The topological polar surface area (TPSA) is 82.5 Å². The minimum absolute atomic E-state index is 0.479. The van der Waals surface area contributed by atoms with Gasteiger partial charge in [0.25, 0.3) is 0 Å². The molecule has 0 bridgehead atoms. The first-order valence-electron chi connectivity index (χ1n) is 10.2. The van der Waals surface area contributed by atoms with E-state index in [1.54, 1.807) is 0 Å². The van der Waals surface area contributed by atoms with E-state index in [1.165, 1.54) is 0 Å². The predicted octanol–water partition coefficient (Wildman–Crippen LogP) is 1.37. The highest BCUT2D eigenvalue weighted by Crippen LogP contribution is 2.19. The summed E-state index contributed by atoms with van der Waals surface area (Å²) in [6.45, 7) is 0. The highest BCUT2D eigenvalue weighted by molar-refractivity contribution is 9.09. The number of fused-ring (bicyclic) bond motifs is 1. The van der Waals surface area contributed by atoms with Crippen molar-refractivity contribution in [2.24, 2.45) is 0 Å². The second-order valence-electron chi connectivity index (χ2n) is 3.13. The van der Waals surface area contributed by atoms with Gasteiger partial charge >= 0.3 is 0 Å². The van der Waals surface area contributed by atoms with Gasteiger partial charge in [-0.15, -0.1) is 0 Å². The fraction of sp³-hybridized carbons (Fsp3) is 0.308. The summed E-state index contributed by atoms with van der Waals surface area (Å²) in [6, 6.07) is -4.43. The molecule has 0 aliphatic heterocycles. The number of halogens is 1. The first-order valence-corrected chi connectivity index (χ1v) is 5.54. The van der Waals surface area contributed by atoms with Crippen molar-refractivity contribution in [3.8, 4) is 5.75 Å². The number of H-pyrrole nitrogens is 1. The van der Waals surface area contributed by atoms with Crippen molar-refractivity contribution in [3.63, 3.8) is 0 Å². The number of aromatic amines is 1. The van der Waals surface area contributed by atoms with E-state index in [0.717, 1.165) is 0 Å². The van der Waals surface area contributed by atoms with Gasteiger partial charge in [-0.2, -0.15) is 0 Å². The molecular formula is C13H14BrNO4. The van der Waals surface area contributed by atoms with Crippen LogP contribution >= 0.6 is 15.9 Å². The first kappa shape index (κ1) is 5.55. The molecule has 2 unspecified atom stereocenters. The molecular weight excluding hydrogens is 314 g/mol. The lowest BCUT2D eigenvalue weighted by Crippen LogP contribution is -2.23. The van der Waals surface area contributed by atoms with E-state index in [4.69, 9.17) is 15.1 Å². The SMILES string of the molecule is [2H]c1c(OC([2H])(O)C([2H])([2H])C([2H])(O)C([2H])([2H])Br)c([2H])c2[nH]c(=O)c([2H])c([2H])c2c1[2H]. The van der Waals surface area contributed by atoms with E-state index in [2.05, 4.69) is 20.7 Å². The quantitative estimate of drug-likeness (QED) is 0.568. The van der Waals surface area contributed by atoms with Crippen LogP contribution < -0.4 is 10.3 Å². The molecule has 2 rings (SSSR count). The Morgan fingerprint density at radius 3 is 2.95 bits per heavy atom. The molecule has 3 N–H and O–H groups in total. The Bertz CT molecular complexity index is 1080. The number of ether oxygens (including phenoxy) is 1. The number of nitrogens with one attached hydrogen (secondary N) is 1. The lowest BCUT2D eigenvalue weighted by molar-refractivity contribution is -0.0460. The zero-order chi connectivity index (χ0) is 23.6. The molecule has 2 atom stereocenters. The van der Waals surface area contributed by atoms with Gasteiger partial charge in [0.2, 0.25) is 5.56 Å². The number of benzene rings is 1. The summed E-state index contributed by atoms with van der Waals surface area (Å²) in [6.07, 6.45) is -11.7. The number of hydrogen-bond acceptors (Lipinski definition) is 4. The van der Waals surface area contributed by atoms with E-state index in [0.29, 0.717) is 0 Å². The van der Waals surface area contributed by atoms with E-state index in [-0.39, 0.29) is 0 Å². The van der Waals surface area contributed by atoms with Gasteiger partial charge < -0.3 is 19.9 Å². The summed E-state index contributed by atoms with van der Waals surface area (Å²) in [5.74, 6) is -1.12. The Hall–Kier alpha value is -1.37. The predicted molar refractivity (Wildman–Crippen MR) is 75.6 cm³/mol. The van der Waals surface area contributed by atoms with Gasteiger partial charge in [-0.1, -0.05) is 15.9 Å². The Morgan fingerprint density at radius 2 is 2.21 bits per heavy atom. The van der Waals surface area contributed by atoms with Crippen LogP contribution in [-0.2, 0) is 0 Å². The molecule has 5 nitrogen and oxygen atoms in total. The van der Waals surface area contributed by atoms with Crippen LogP contribution in [0.5, 0.6) is 5.75 Å². The molecule has 0 saturated heterocycles. The summed E-state index contributed by atoms with van der Waals surface area (Å²) >= 11 is 2.23. The van der Waals surface area contributed by atoms with Crippen LogP contribution in [0.1, 0.15) is 21.5 Å². The normalized spacial score (nSPS) is 27.4. The standard InChI is InChI=1S/C13H14BrNO4/c14-7-9(16)5-13(18)19-10-3-1-8-2-4-12(17)15-11(8)6-10/h1-4,6,9,13,16,18H,5,7H2,(H,15,17)/i1D,2D,3D,4D,5D2,6D,7D2,9D,13D. The Labute approximate surface area is 133 Å². The molecule has 2 aromatic rings. The van der Waals surface area contributed by atoms with E-state index < -0.39 is 76.4 Å². The highest BCUT2D eigenvalue weighted by atomic mass is 79.9. The molecule has 19 heavy (non-hydrogen) atoms. The maximum absolute atomic E-state index is 11.8. The summed E-state index contributed by atoms with van der Waals surface area (Å²) in [5, 5.41) is 16.5. The summed E-state index contributed by atoms with van der Waals surface area (Å²) in [4.78, 5) is 13.8. The number of aromatic nitrogens is 1. The fourth-order valence-corrected chi connectivity index (χ4v) is 1.24. The van der Waals surface area contributed by atoms with Crippen molar-refractivity contribution in [2.75, 3.05) is 5.28 Å². The van der Waals surface area contributed by atoms with Crippen LogP contribution in [0.2, 0.25) is 0 Å². The van der Waals surface area contributed by atoms with Gasteiger partial charge in [0.1, 0.15) is 7.12 Å². The van der Waals surface area contributed by atoms with Gasteiger partial charge in [-0.25, -0.2) is 0 Å². The second kappa shape index (κ2) is 6.18. The Balaban J connectivity index is 2.76. The van der Waals surface area contributed by atoms with Crippen molar-refractivity contribution in [3.05, 3.63) is 40.6 Å². The van der Waals surface area contributed by atoms with Crippen molar-refractivity contribution in [2.45, 2.75) is 18.7 Å². The molecule has 0 aliphatic carbocycles. The summed E-state index contributed by atoms with van der Waals surface area (Å²) in [5.41, 5.74) is -1.68. The van der Waals surface area contributed by atoms with Gasteiger partial charge in [0.15, 0.2) is 6.27 Å². The minimum atomic E-state index is -3.96. The molecule has 0 saturated carbocycles. The number of pyridine rings is 1. The zero-order valence-corrected chi connectivity index (χ0v) is 10.7. The van der Waals surface area contributed by atoms with Crippen molar-refractivity contribution >= 4 is 26.8 Å². The molecule has 1 aromatic carbocycles. The van der Waals surface area contributed by atoms with Crippen LogP contribution in [0.15, 0.2) is 35.0 Å². The zero-order valence-electron chi connectivity index (χ0n) is 20.1. The maximum Gasteiger partial charge on any atom is 0.248 e. The van der Waals surface area contributed by atoms with Crippen LogP contribution in [0, 0.1) is 0 Å². The monoisotopic (exact) mass is 338 g/mol. The van der Waals surface area contributed by atoms with Gasteiger partial charge in [-0.05, 0) is 23.5 Å². The largest absolute Gasteiger partial charge is 0.465 e. The molecule has 1 heterocycles. The molecule has 0 radical (unpaired) electrons. The van der Waals surface area contributed by atoms with Crippen molar-refractivity contribution in [1.82, 2.24) is 4.98 Å². The van der Waals surface area contributed by atoms with Crippen LogP contribution in [0.4, 0.5) is 0 Å². The summed E-state index contributed by atoms with van der Waals surface area (Å²) in [7, 11) is 0. The number of alkyl halides is 1. The molecule has 0 amide bonds. The molecule has 0 fully saturated rings. The lowest BCUT2D eigenvalue weighted by atomic mass is 10.2. The summed E-state index contributed by atoms with van der Waals surface area (Å²) < 4.78 is 89.2. The average Bonchev–Trinajstić information content (AvgIpc) is 2.59. The van der Waals surface area contributed by atoms with Crippen molar-refractivity contribution < 1.29 is 30.0 Å². The van der Waals surface area contributed by atoms with Gasteiger partial charge in [0.05, 0.1) is 19.8 Å². The third-order valence-corrected chi connectivity index (χ3v) is 2.22. The molecule has 0 aliphatic rings. The third-order valence-electron chi connectivity index (χ3n) is 1.84. The van der Waals surface area contributed by atoms with Crippen LogP contribution in [-0.4, -0.2) is 32.8 Å². The smallest absolute Gasteiger partial charge is 0.248 e. The van der Waals surface area contributed by atoms with E-state index >= 15 is 0 Å². The highest BCUT2D eigenvalue weighted by Gasteiger charge is 2.12. The maximum atomic E-state index is 11.8. The second-order valence-corrected chi connectivity index (χ2v) is 3.53.